The highest BCUT2D eigenvalue weighted by Gasteiger charge is 2.12. The van der Waals surface area contributed by atoms with Crippen molar-refractivity contribution in [2.24, 2.45) is 0 Å². The number of carbonyl (C=O) groups excluding carboxylic acids is 1. The Hall–Kier alpha value is -3.81. The molecule has 0 saturated carbocycles. The van der Waals surface area contributed by atoms with Gasteiger partial charge in [0, 0.05) is 18.7 Å². The maximum atomic E-state index is 13.0. The van der Waals surface area contributed by atoms with Crippen molar-refractivity contribution >= 4 is 33.8 Å². The molecule has 2 N–H and O–H groups in total. The van der Waals surface area contributed by atoms with E-state index in [0.717, 1.165) is 29.4 Å². The molecule has 182 valence electrons. The molecule has 0 radical (unpaired) electrons. The molecule has 0 bridgehead atoms. The highest BCUT2D eigenvalue weighted by Crippen LogP contribution is 2.18. The average Bonchev–Trinajstić information content (AvgIpc) is 2.85. The van der Waals surface area contributed by atoms with Crippen LogP contribution in [-0.4, -0.2) is 25.4 Å². The average molecular weight is 474 g/mol. The zero-order chi connectivity index (χ0) is 24.6. The van der Waals surface area contributed by atoms with E-state index in [4.69, 9.17) is 0 Å². The summed E-state index contributed by atoms with van der Waals surface area (Å²) in [5, 5.41) is 2.90. The molecule has 0 aliphatic rings. The van der Waals surface area contributed by atoms with Crippen LogP contribution < -0.4 is 16.6 Å². The van der Waals surface area contributed by atoms with E-state index in [1.54, 1.807) is 18.2 Å². The van der Waals surface area contributed by atoms with Gasteiger partial charge < -0.3 is 5.32 Å². The number of hydrogen-bond donors (Lipinski definition) is 2. The molecule has 8 nitrogen and oxygen atoms in total. The highest BCUT2D eigenvalue weighted by molar-refractivity contribution is 5.93. The number of aromatic nitrogens is 4. The van der Waals surface area contributed by atoms with Crippen molar-refractivity contribution in [3.8, 4) is 0 Å². The molecule has 2 aromatic carbocycles. The maximum absolute atomic E-state index is 13.0. The van der Waals surface area contributed by atoms with E-state index in [0.29, 0.717) is 29.6 Å². The number of rotatable bonds is 11. The third kappa shape index (κ3) is 6.20. The minimum absolute atomic E-state index is 0.0386. The lowest BCUT2D eigenvalue weighted by molar-refractivity contribution is -0.116. The molecule has 35 heavy (non-hydrogen) atoms. The quantitative estimate of drug-likeness (QED) is 0.245. The molecule has 2 aromatic heterocycles. The summed E-state index contributed by atoms with van der Waals surface area (Å²) in [6.45, 7) is 2.43. The summed E-state index contributed by atoms with van der Waals surface area (Å²) in [6.07, 6.45) is 7.78. The lowest BCUT2D eigenvalue weighted by Crippen LogP contribution is -2.36. The number of unbranched alkanes of at least 4 members (excludes halogenated alkanes) is 5. The molecule has 0 aliphatic carbocycles. The van der Waals surface area contributed by atoms with E-state index in [9.17, 15) is 14.4 Å². The van der Waals surface area contributed by atoms with E-state index < -0.39 is 11.2 Å². The molecule has 0 atom stereocenters. The molecule has 8 heteroatoms. The van der Waals surface area contributed by atoms with Gasteiger partial charge in [-0.05, 0) is 36.6 Å². The van der Waals surface area contributed by atoms with E-state index in [1.807, 2.05) is 30.3 Å². The zero-order valence-corrected chi connectivity index (χ0v) is 20.0. The number of nitrogens with one attached hydrogen (secondary N) is 2. The van der Waals surface area contributed by atoms with Gasteiger partial charge in [0.05, 0.1) is 11.0 Å². The lowest BCUT2D eigenvalue weighted by Gasteiger charge is -2.08. The van der Waals surface area contributed by atoms with Crippen LogP contribution in [0.2, 0.25) is 0 Å². The van der Waals surface area contributed by atoms with Crippen LogP contribution in [0.5, 0.6) is 0 Å². The van der Waals surface area contributed by atoms with Crippen molar-refractivity contribution < 1.29 is 4.79 Å². The fourth-order valence-electron chi connectivity index (χ4n) is 4.14. The predicted molar refractivity (Wildman–Crippen MR) is 139 cm³/mol. The number of aromatic amines is 1. The Labute approximate surface area is 203 Å². The Morgan fingerprint density at radius 3 is 2.51 bits per heavy atom. The number of anilines is 1. The van der Waals surface area contributed by atoms with Crippen molar-refractivity contribution in [2.45, 2.75) is 64.8 Å². The fourth-order valence-corrected chi connectivity index (χ4v) is 4.14. The highest BCUT2D eigenvalue weighted by atomic mass is 16.2. The Morgan fingerprint density at radius 2 is 1.71 bits per heavy atom. The Morgan fingerprint density at radius 1 is 0.943 bits per heavy atom. The first-order valence-corrected chi connectivity index (χ1v) is 12.3. The molecule has 0 aliphatic heterocycles. The second-order valence-corrected chi connectivity index (χ2v) is 8.81. The van der Waals surface area contributed by atoms with E-state index in [2.05, 4.69) is 27.2 Å². The summed E-state index contributed by atoms with van der Waals surface area (Å²) in [5.74, 6) is -0.0386. The topological polar surface area (TPSA) is 110 Å². The standard InChI is InChI=1S/C27H31N5O3/c1-2-3-4-5-6-10-13-23(33)28-20-14-15-21-22(18-20)30-25-24(29-21)26(34)32(27(35)31-25)17-16-19-11-8-7-9-12-19/h7-9,11-12,14-15,18H,2-6,10,13,16-17H2,1H3,(H,28,33)(H,30,31,35). The van der Waals surface area contributed by atoms with Crippen molar-refractivity contribution in [2.75, 3.05) is 5.32 Å². The monoisotopic (exact) mass is 473 g/mol. The second kappa shape index (κ2) is 11.6. The minimum Gasteiger partial charge on any atom is -0.326 e. The molecule has 0 saturated heterocycles. The van der Waals surface area contributed by atoms with Gasteiger partial charge in [0.1, 0.15) is 0 Å². The fraction of sp³-hybridized carbons (Fsp3) is 0.370. The Bertz CT molecular complexity index is 1430. The van der Waals surface area contributed by atoms with Gasteiger partial charge in [0.25, 0.3) is 5.56 Å². The summed E-state index contributed by atoms with van der Waals surface area (Å²) in [7, 11) is 0. The van der Waals surface area contributed by atoms with Gasteiger partial charge >= 0.3 is 5.69 Å². The van der Waals surface area contributed by atoms with E-state index >= 15 is 0 Å². The molecule has 4 rings (SSSR count). The number of fused-ring (bicyclic) bond motifs is 2. The first kappa shape index (κ1) is 24.3. The number of amides is 1. The van der Waals surface area contributed by atoms with Gasteiger partial charge in [-0.25, -0.2) is 14.8 Å². The first-order chi connectivity index (χ1) is 17.0. The molecule has 1 amide bonds. The number of aryl methyl sites for hydroxylation is 1. The Kier molecular flexibility index (Phi) is 8.03. The van der Waals surface area contributed by atoms with Gasteiger partial charge in [-0.15, -0.1) is 0 Å². The number of nitrogens with zero attached hydrogens (tertiary/aromatic N) is 3. The summed E-state index contributed by atoms with van der Waals surface area (Å²) in [6, 6.07) is 14.9. The zero-order valence-electron chi connectivity index (χ0n) is 20.0. The summed E-state index contributed by atoms with van der Waals surface area (Å²) >= 11 is 0. The second-order valence-electron chi connectivity index (χ2n) is 8.81. The van der Waals surface area contributed by atoms with Crippen molar-refractivity contribution in [3.05, 3.63) is 74.9 Å². The molecule has 4 aromatic rings. The Balaban J connectivity index is 1.48. The van der Waals surface area contributed by atoms with Gasteiger partial charge in [0.15, 0.2) is 11.2 Å². The molecular formula is C27H31N5O3. The van der Waals surface area contributed by atoms with Crippen molar-refractivity contribution in [3.63, 3.8) is 0 Å². The number of hydrogen-bond acceptors (Lipinski definition) is 5. The SMILES string of the molecule is CCCCCCCCC(=O)Nc1ccc2nc3c(=O)n(CCc4ccccc4)c(=O)[nH]c3nc2c1. The van der Waals surface area contributed by atoms with Crippen molar-refractivity contribution in [1.29, 1.82) is 0 Å². The van der Waals surface area contributed by atoms with Crippen LogP contribution in [0, 0.1) is 0 Å². The molecular weight excluding hydrogens is 442 g/mol. The molecule has 2 heterocycles. The van der Waals surface area contributed by atoms with Crippen molar-refractivity contribution in [1.82, 2.24) is 19.5 Å². The maximum Gasteiger partial charge on any atom is 0.330 e. The minimum atomic E-state index is -0.518. The van der Waals surface area contributed by atoms with Crippen LogP contribution in [0.1, 0.15) is 57.4 Å². The van der Waals surface area contributed by atoms with Crippen LogP contribution in [0.3, 0.4) is 0 Å². The predicted octanol–water partition coefficient (Wildman–Crippen LogP) is 4.56. The molecule has 0 fully saturated rings. The lowest BCUT2D eigenvalue weighted by atomic mass is 10.1. The summed E-state index contributed by atoms with van der Waals surface area (Å²) in [4.78, 5) is 49.5. The largest absolute Gasteiger partial charge is 0.330 e. The van der Waals surface area contributed by atoms with E-state index in [-0.39, 0.29) is 23.6 Å². The molecule has 0 unspecified atom stereocenters. The van der Waals surface area contributed by atoms with E-state index in [1.165, 1.54) is 19.3 Å². The third-order valence-corrected chi connectivity index (χ3v) is 6.09. The first-order valence-electron chi connectivity index (χ1n) is 12.3. The van der Waals surface area contributed by atoms with Crippen LogP contribution in [0.4, 0.5) is 5.69 Å². The number of carbonyl (C=O) groups is 1. The van der Waals surface area contributed by atoms with Gasteiger partial charge in [-0.2, -0.15) is 0 Å². The smallest absolute Gasteiger partial charge is 0.326 e. The normalized spacial score (nSPS) is 11.2. The third-order valence-electron chi connectivity index (χ3n) is 6.09. The van der Waals surface area contributed by atoms with Gasteiger partial charge in [0.2, 0.25) is 5.91 Å². The van der Waals surface area contributed by atoms with Gasteiger partial charge in [-0.1, -0.05) is 69.4 Å². The molecule has 0 spiro atoms. The summed E-state index contributed by atoms with van der Waals surface area (Å²) < 4.78 is 1.16. The van der Waals surface area contributed by atoms with Crippen LogP contribution in [0.15, 0.2) is 58.1 Å². The van der Waals surface area contributed by atoms with Gasteiger partial charge in [-0.3, -0.25) is 19.1 Å². The van der Waals surface area contributed by atoms with Crippen LogP contribution >= 0.6 is 0 Å². The number of H-pyrrole nitrogens is 1. The summed E-state index contributed by atoms with van der Waals surface area (Å²) in [5.41, 5.74) is 1.93. The number of benzene rings is 2. The van der Waals surface area contributed by atoms with Crippen LogP contribution in [0.25, 0.3) is 22.2 Å². The van der Waals surface area contributed by atoms with Crippen LogP contribution in [-0.2, 0) is 17.8 Å².